The molecule has 0 aromatic carbocycles. The zero-order valence-corrected chi connectivity index (χ0v) is 12.6. The van der Waals surface area contributed by atoms with Crippen LogP contribution < -0.4 is 24.6 Å². The molecule has 0 aliphatic carbocycles. The van der Waals surface area contributed by atoms with Crippen molar-refractivity contribution in [3.63, 3.8) is 0 Å². The Morgan fingerprint density at radius 2 is 0.636 bits per heavy atom. The van der Waals surface area contributed by atoms with E-state index in [1.54, 1.807) is 0 Å². The monoisotopic (exact) mass is 516 g/mol. The number of hydrogen-bond acceptors (Lipinski definition) is 8. The minimum Gasteiger partial charge on any atom is 0 e. The molecule has 8 nitrogen and oxygen atoms in total. The fourth-order valence-electron chi connectivity index (χ4n) is 0. The second-order valence-electron chi connectivity index (χ2n) is 0.894. The Hall–Kier alpha value is 1.53. The quantitative estimate of drug-likeness (QED) is 0.286. The van der Waals surface area contributed by atoms with E-state index in [2.05, 4.69) is 0 Å². The van der Waals surface area contributed by atoms with Crippen LogP contribution in [0.1, 0.15) is 0 Å². The van der Waals surface area contributed by atoms with Gasteiger partial charge in [-0.2, -0.15) is 0 Å². The molecule has 0 aliphatic heterocycles. The predicted octanol–water partition coefficient (Wildman–Crippen LogP) is -8.13. The first-order valence-corrected chi connectivity index (χ1v) is 7.59. The van der Waals surface area contributed by atoms with E-state index in [1.165, 1.54) is 0 Å². The topological polar surface area (TPSA) is 172 Å². The van der Waals surface area contributed by atoms with Crippen molar-refractivity contribution < 1.29 is 63.2 Å². The molecule has 0 spiro atoms. The zero-order valence-electron chi connectivity index (χ0n) is 4.66. The number of rotatable bonds is 0. The van der Waals surface area contributed by atoms with Crippen LogP contribution in [0, 0.1) is 31.1 Å². The Kier molecular flexibility index (Phi) is 11.6. The summed E-state index contributed by atoms with van der Waals surface area (Å²) in [4.78, 5) is 0. The third kappa shape index (κ3) is 448. The average Bonchev–Trinajstić information content (AvgIpc) is 1.12. The molecule has 0 unspecified atom stereocenters. The van der Waals surface area contributed by atoms with Crippen molar-refractivity contribution in [1.82, 2.24) is 0 Å². The summed E-state index contributed by atoms with van der Waals surface area (Å²) in [6.45, 7) is 0. The van der Waals surface area contributed by atoms with Crippen molar-refractivity contribution in [3.8, 4) is 0 Å². The van der Waals surface area contributed by atoms with Gasteiger partial charge in [0.05, 0.1) is 0 Å². The van der Waals surface area contributed by atoms with Crippen LogP contribution in [-0.4, -0.2) is 29.0 Å². The molecule has 0 radical (unpaired) electrons. The average molecular weight is 516 g/mol. The van der Waals surface area contributed by atoms with Crippen molar-refractivity contribution in [2.75, 3.05) is 0 Å². The van der Waals surface area contributed by atoms with E-state index in [9.17, 15) is 0 Å². The van der Waals surface area contributed by atoms with Crippen LogP contribution in [0.25, 0.3) is 0 Å². The molecule has 68 valence electrons. The summed E-state index contributed by atoms with van der Waals surface area (Å²) in [7, 11) is 0. The molecule has 0 saturated heterocycles. The van der Waals surface area contributed by atoms with Crippen LogP contribution in [0.15, 0.2) is 0 Å². The van der Waals surface area contributed by atoms with E-state index in [-0.39, 0.29) is 31.1 Å². The van der Waals surface area contributed by atoms with Gasteiger partial charge in [0.15, 0.2) is 0 Å². The summed E-state index contributed by atoms with van der Waals surface area (Å²) in [5.41, 5.74) is 0. The molecule has 0 heterocycles. The molecule has 0 N–H and O–H groups in total. The molecule has 0 aromatic heterocycles. The largest absolute Gasteiger partial charge is 0 e. The van der Waals surface area contributed by atoms with Crippen molar-refractivity contribution in [1.29, 1.82) is 0 Å². The molecular formula is As2O8U-6. The van der Waals surface area contributed by atoms with E-state index in [0.717, 1.165) is 0 Å². The van der Waals surface area contributed by atoms with E-state index in [1.807, 2.05) is 0 Å². The maximum absolute atomic E-state index is 8.61. The predicted molar refractivity (Wildman–Crippen MR) is 12.9 cm³/mol. The molecule has 0 rings (SSSR count). The standard InChI is InChI=1S/2AsH3O4.U/c2*2-1(3,4)5;/h2*(H3,2,3,4,5);/p-6. The minimum absolute atomic E-state index is 0. The molecule has 11 heavy (non-hydrogen) atoms. The molecule has 0 fully saturated rings. The van der Waals surface area contributed by atoms with Gasteiger partial charge in [-0.05, 0) is 0 Å². The summed E-state index contributed by atoms with van der Waals surface area (Å²) < 4.78 is 68.9. The van der Waals surface area contributed by atoms with Crippen LogP contribution in [-0.2, 0) is 7.48 Å². The SMILES string of the molecule is O=[As]([O-])([O-])[O-].O=[As]([O-])([O-])[O-].[U]. The summed E-state index contributed by atoms with van der Waals surface area (Å²) in [6.07, 6.45) is 0. The molecule has 11 heteroatoms. The zero-order chi connectivity index (χ0) is 9.00. The fourth-order valence-corrected chi connectivity index (χ4v) is 0. The maximum atomic E-state index is 8.61. The molecule has 0 amide bonds. The second-order valence-corrected chi connectivity index (χ2v) is 4.65. The summed E-state index contributed by atoms with van der Waals surface area (Å²) in [5.74, 6) is 0. The van der Waals surface area contributed by atoms with Gasteiger partial charge in [-0.1, -0.05) is 0 Å². The fraction of sp³-hybridized carbons (Fsp3) is 0. The van der Waals surface area contributed by atoms with Gasteiger partial charge < -0.3 is 0 Å². The van der Waals surface area contributed by atoms with Crippen molar-refractivity contribution in [2.24, 2.45) is 0 Å². The minimum atomic E-state index is -5.88. The van der Waals surface area contributed by atoms with Crippen LogP contribution in [0.3, 0.4) is 0 Å². The van der Waals surface area contributed by atoms with Gasteiger partial charge in [0, 0.05) is 31.1 Å². The van der Waals surface area contributed by atoms with E-state index in [0.29, 0.717) is 0 Å². The molecule has 0 aliphatic rings. The van der Waals surface area contributed by atoms with E-state index >= 15 is 0 Å². The molecule has 0 atom stereocenters. The first-order chi connectivity index (χ1) is 4.00. The van der Waals surface area contributed by atoms with E-state index in [4.69, 9.17) is 32.1 Å². The van der Waals surface area contributed by atoms with Crippen molar-refractivity contribution >= 4 is 29.0 Å². The normalized spacial score (nSPS) is 10.7. The van der Waals surface area contributed by atoms with Gasteiger partial charge in [-0.3, -0.25) is 0 Å². The van der Waals surface area contributed by atoms with Crippen LogP contribution in [0.5, 0.6) is 0 Å². The molecule has 0 bridgehead atoms. The van der Waals surface area contributed by atoms with Gasteiger partial charge in [-0.15, -0.1) is 0 Å². The van der Waals surface area contributed by atoms with Crippen molar-refractivity contribution in [2.45, 2.75) is 0 Å². The Labute approximate surface area is 91.3 Å². The van der Waals surface area contributed by atoms with E-state index < -0.39 is 29.0 Å². The Bertz CT molecular complexity index is 124. The first kappa shape index (κ1) is 18.3. The maximum Gasteiger partial charge on any atom is 0 e. The van der Waals surface area contributed by atoms with Gasteiger partial charge in [-0.25, -0.2) is 0 Å². The third-order valence-corrected chi connectivity index (χ3v) is 0. The van der Waals surface area contributed by atoms with Gasteiger partial charge in [0.25, 0.3) is 0 Å². The third-order valence-electron chi connectivity index (χ3n) is 0. The van der Waals surface area contributed by atoms with Crippen LogP contribution in [0.2, 0.25) is 0 Å². The molecule has 0 aromatic rings. The van der Waals surface area contributed by atoms with Gasteiger partial charge in [0.1, 0.15) is 0 Å². The summed E-state index contributed by atoms with van der Waals surface area (Å²) >= 11 is -11.8. The van der Waals surface area contributed by atoms with Crippen molar-refractivity contribution in [3.05, 3.63) is 0 Å². The molecular weight excluding hydrogens is 516 g/mol. The Morgan fingerprint density at radius 3 is 0.636 bits per heavy atom. The summed E-state index contributed by atoms with van der Waals surface area (Å²) in [6, 6.07) is 0. The summed E-state index contributed by atoms with van der Waals surface area (Å²) in [5, 5.41) is 0. The smallest absolute Gasteiger partial charge is 0 e. The Morgan fingerprint density at radius 1 is 0.636 bits per heavy atom. The number of hydrogen-bond donors (Lipinski definition) is 0. The van der Waals surface area contributed by atoms with Crippen LogP contribution in [0.4, 0.5) is 0 Å². The van der Waals surface area contributed by atoms with Crippen LogP contribution >= 0.6 is 0 Å². The van der Waals surface area contributed by atoms with Gasteiger partial charge >= 0.3 is 61.1 Å². The van der Waals surface area contributed by atoms with Gasteiger partial charge in [0.2, 0.25) is 0 Å². The molecule has 0 saturated carbocycles. The first-order valence-electron chi connectivity index (χ1n) is 1.46. The Balaban J connectivity index is -0.000000107. The second kappa shape index (κ2) is 6.98.